The summed E-state index contributed by atoms with van der Waals surface area (Å²) >= 11 is 0. The highest BCUT2D eigenvalue weighted by atomic mass is 19.1. The number of ketones is 1. The molecule has 0 spiro atoms. The van der Waals surface area contributed by atoms with Gasteiger partial charge in [-0.25, -0.2) is 9.18 Å². The van der Waals surface area contributed by atoms with Crippen molar-refractivity contribution in [1.82, 2.24) is 15.5 Å². The molecule has 2 aliphatic rings. The van der Waals surface area contributed by atoms with Gasteiger partial charge in [-0.05, 0) is 55.5 Å². The van der Waals surface area contributed by atoms with Crippen LogP contribution in [0, 0.1) is 11.7 Å². The van der Waals surface area contributed by atoms with Crippen molar-refractivity contribution < 1.29 is 23.6 Å². The fraction of sp³-hybridized carbons (Fsp3) is 0.407. The summed E-state index contributed by atoms with van der Waals surface area (Å²) in [4.78, 5) is 51.5. The SMILES string of the molecule is CC(=O)c1cccc(NC(=O)N[C@@H]2CCCC[C@H]2CN2CC(=O)N[C@@H](Cc3ccc(F)cc3)C2=O)c1. The van der Waals surface area contributed by atoms with Gasteiger partial charge in [0.05, 0.1) is 6.54 Å². The molecule has 3 atom stereocenters. The smallest absolute Gasteiger partial charge is 0.319 e. The summed E-state index contributed by atoms with van der Waals surface area (Å²) in [6.45, 7) is 1.82. The number of carbonyl (C=O) groups excluding carboxylic acids is 4. The van der Waals surface area contributed by atoms with Gasteiger partial charge in [0, 0.05) is 30.3 Å². The molecule has 3 N–H and O–H groups in total. The number of hydrogen-bond donors (Lipinski definition) is 3. The molecule has 0 bridgehead atoms. The summed E-state index contributed by atoms with van der Waals surface area (Å²) in [5.74, 6) is -0.835. The summed E-state index contributed by atoms with van der Waals surface area (Å²) in [5, 5.41) is 8.57. The number of amides is 4. The first kappa shape index (κ1) is 25.3. The van der Waals surface area contributed by atoms with Gasteiger partial charge in [-0.2, -0.15) is 0 Å². The third-order valence-electron chi connectivity index (χ3n) is 6.84. The maximum absolute atomic E-state index is 13.2. The minimum absolute atomic E-state index is 0.00868. The Balaban J connectivity index is 1.38. The van der Waals surface area contributed by atoms with Crippen LogP contribution < -0.4 is 16.0 Å². The molecule has 9 heteroatoms. The Bertz CT molecular complexity index is 1140. The molecule has 1 aliphatic carbocycles. The summed E-state index contributed by atoms with van der Waals surface area (Å²) < 4.78 is 13.2. The first-order valence-corrected chi connectivity index (χ1v) is 12.3. The number of nitrogens with zero attached hydrogens (tertiary/aromatic N) is 1. The number of halogens is 1. The van der Waals surface area contributed by atoms with Gasteiger partial charge in [-0.15, -0.1) is 0 Å². The second-order valence-electron chi connectivity index (χ2n) is 9.56. The van der Waals surface area contributed by atoms with E-state index in [1.54, 1.807) is 41.3 Å². The van der Waals surface area contributed by atoms with Crippen LogP contribution >= 0.6 is 0 Å². The van der Waals surface area contributed by atoms with Crippen molar-refractivity contribution in [3.63, 3.8) is 0 Å². The molecule has 4 amide bonds. The largest absolute Gasteiger partial charge is 0.342 e. The minimum atomic E-state index is -0.705. The first-order chi connectivity index (χ1) is 17.3. The highest BCUT2D eigenvalue weighted by Crippen LogP contribution is 2.26. The van der Waals surface area contributed by atoms with E-state index >= 15 is 0 Å². The average molecular weight is 495 g/mol. The Morgan fingerprint density at radius 2 is 1.83 bits per heavy atom. The summed E-state index contributed by atoms with van der Waals surface area (Å²) in [7, 11) is 0. The number of anilines is 1. The van der Waals surface area contributed by atoms with Gasteiger partial charge in [0.1, 0.15) is 11.9 Å². The number of piperazine rings is 1. The Hall–Kier alpha value is -3.75. The van der Waals surface area contributed by atoms with Gasteiger partial charge in [0.2, 0.25) is 11.8 Å². The highest BCUT2D eigenvalue weighted by Gasteiger charge is 2.36. The zero-order chi connectivity index (χ0) is 25.7. The maximum atomic E-state index is 13.2. The number of hydrogen-bond acceptors (Lipinski definition) is 4. The van der Waals surface area contributed by atoms with E-state index in [-0.39, 0.29) is 54.4 Å². The molecular weight excluding hydrogens is 463 g/mol. The predicted octanol–water partition coefficient (Wildman–Crippen LogP) is 3.28. The molecule has 36 heavy (non-hydrogen) atoms. The Morgan fingerprint density at radius 1 is 1.08 bits per heavy atom. The molecule has 1 aliphatic heterocycles. The van der Waals surface area contributed by atoms with Crippen LogP contribution in [-0.4, -0.2) is 53.7 Å². The van der Waals surface area contributed by atoms with Gasteiger partial charge in [-0.1, -0.05) is 37.1 Å². The molecule has 190 valence electrons. The van der Waals surface area contributed by atoms with Crippen LogP contribution in [-0.2, 0) is 16.0 Å². The van der Waals surface area contributed by atoms with Crippen LogP contribution in [0.1, 0.15) is 48.5 Å². The Labute approximate surface area is 209 Å². The first-order valence-electron chi connectivity index (χ1n) is 12.3. The third kappa shape index (κ3) is 6.47. The van der Waals surface area contributed by atoms with Crippen molar-refractivity contribution in [1.29, 1.82) is 0 Å². The van der Waals surface area contributed by atoms with E-state index in [1.807, 2.05) is 0 Å². The van der Waals surface area contributed by atoms with E-state index in [0.29, 0.717) is 17.8 Å². The summed E-state index contributed by atoms with van der Waals surface area (Å²) in [5.41, 5.74) is 1.80. The van der Waals surface area contributed by atoms with Crippen LogP contribution in [0.5, 0.6) is 0 Å². The maximum Gasteiger partial charge on any atom is 0.319 e. The molecule has 8 nitrogen and oxygen atoms in total. The van der Waals surface area contributed by atoms with Crippen molar-refractivity contribution in [2.45, 2.75) is 51.1 Å². The van der Waals surface area contributed by atoms with Crippen LogP contribution in [0.15, 0.2) is 48.5 Å². The van der Waals surface area contributed by atoms with Crippen LogP contribution in [0.25, 0.3) is 0 Å². The molecule has 0 aromatic heterocycles. The number of benzene rings is 2. The van der Waals surface area contributed by atoms with Gasteiger partial charge in [0.25, 0.3) is 0 Å². The average Bonchev–Trinajstić information content (AvgIpc) is 2.84. The second-order valence-corrected chi connectivity index (χ2v) is 9.56. The number of urea groups is 1. The van der Waals surface area contributed by atoms with Crippen molar-refractivity contribution >= 4 is 29.3 Å². The van der Waals surface area contributed by atoms with Crippen LogP contribution in [0.4, 0.5) is 14.9 Å². The second kappa shape index (κ2) is 11.3. The molecule has 1 saturated heterocycles. The summed E-state index contributed by atoms with van der Waals surface area (Å²) in [6, 6.07) is 11.4. The summed E-state index contributed by atoms with van der Waals surface area (Å²) in [6.07, 6.45) is 3.84. The van der Waals surface area contributed by atoms with E-state index in [4.69, 9.17) is 0 Å². The van der Waals surface area contributed by atoms with Gasteiger partial charge in [0.15, 0.2) is 5.78 Å². The molecule has 2 aromatic rings. The third-order valence-corrected chi connectivity index (χ3v) is 6.84. The number of rotatable bonds is 7. The molecule has 4 rings (SSSR count). The number of carbonyl (C=O) groups is 4. The van der Waals surface area contributed by atoms with Crippen molar-refractivity contribution in [2.24, 2.45) is 5.92 Å². The van der Waals surface area contributed by atoms with Gasteiger partial charge >= 0.3 is 6.03 Å². The molecular formula is C27H31FN4O4. The van der Waals surface area contributed by atoms with E-state index in [9.17, 15) is 23.6 Å². The van der Waals surface area contributed by atoms with Crippen molar-refractivity contribution in [3.8, 4) is 0 Å². The number of nitrogens with one attached hydrogen (secondary N) is 3. The molecule has 2 fully saturated rings. The molecule has 1 heterocycles. The van der Waals surface area contributed by atoms with Gasteiger partial charge in [-0.3, -0.25) is 14.4 Å². The van der Waals surface area contributed by atoms with Crippen molar-refractivity contribution in [2.75, 3.05) is 18.4 Å². The van der Waals surface area contributed by atoms with E-state index in [1.165, 1.54) is 19.1 Å². The quantitative estimate of drug-likeness (QED) is 0.514. The zero-order valence-corrected chi connectivity index (χ0v) is 20.3. The Kier molecular flexibility index (Phi) is 7.97. The Morgan fingerprint density at radius 3 is 2.58 bits per heavy atom. The lowest BCUT2D eigenvalue weighted by Gasteiger charge is -2.39. The number of Topliss-reactive ketones (excluding diaryl/α,β-unsaturated/α-hetero) is 1. The van der Waals surface area contributed by atoms with E-state index < -0.39 is 6.04 Å². The highest BCUT2D eigenvalue weighted by molar-refractivity contribution is 5.97. The van der Waals surface area contributed by atoms with Gasteiger partial charge < -0.3 is 20.9 Å². The molecule has 0 radical (unpaired) electrons. The van der Waals surface area contributed by atoms with Crippen molar-refractivity contribution in [3.05, 3.63) is 65.5 Å². The van der Waals surface area contributed by atoms with Crippen LogP contribution in [0.3, 0.4) is 0 Å². The molecule has 1 saturated carbocycles. The lowest BCUT2D eigenvalue weighted by atomic mass is 9.83. The molecule has 2 aromatic carbocycles. The normalized spacial score (nSPS) is 22.1. The standard InChI is InChI=1S/C27H31FN4O4/c1-17(33)19-6-4-7-22(14-19)29-27(36)31-23-8-3-2-5-20(23)15-32-16-25(34)30-24(26(32)35)13-18-9-11-21(28)12-10-18/h4,6-7,9-12,14,20,23-24H,2-3,5,8,13,15-16H2,1H3,(H,30,34)(H2,29,31,36)/t20-,23+,24-/m0/s1. The van der Waals surface area contributed by atoms with E-state index in [0.717, 1.165) is 31.2 Å². The predicted molar refractivity (Wildman–Crippen MR) is 133 cm³/mol. The topological polar surface area (TPSA) is 108 Å². The fourth-order valence-corrected chi connectivity index (χ4v) is 4.97. The zero-order valence-electron chi connectivity index (χ0n) is 20.3. The molecule has 0 unspecified atom stereocenters. The lowest BCUT2D eigenvalue weighted by molar-refractivity contribution is -0.145. The monoisotopic (exact) mass is 494 g/mol. The minimum Gasteiger partial charge on any atom is -0.342 e. The van der Waals surface area contributed by atoms with Crippen LogP contribution in [0.2, 0.25) is 0 Å². The fourth-order valence-electron chi connectivity index (χ4n) is 4.97. The van der Waals surface area contributed by atoms with E-state index in [2.05, 4.69) is 16.0 Å². The lowest BCUT2D eigenvalue weighted by Crippen LogP contribution is -2.60.